The summed E-state index contributed by atoms with van der Waals surface area (Å²) in [5.74, 6) is -0.372. The predicted octanol–water partition coefficient (Wildman–Crippen LogP) is -0.214. The van der Waals surface area contributed by atoms with Crippen LogP contribution in [0, 0.1) is 0 Å². The van der Waals surface area contributed by atoms with Crippen LogP contribution in [0.3, 0.4) is 0 Å². The first kappa shape index (κ1) is 24.3. The number of nitrogens with one attached hydrogen (secondary N) is 1. The molecule has 10 heteroatoms. The molecular formula is C12H21N2O5S2Tc. The maximum atomic E-state index is 11.5. The summed E-state index contributed by atoms with van der Waals surface area (Å²) < 4.78 is 17.9. The molecule has 0 rings (SSSR count). The first-order chi connectivity index (χ1) is 10.6. The number of hydrogen-bond donors (Lipinski definition) is 1. The van der Waals surface area contributed by atoms with E-state index < -0.39 is 18.1 Å². The number of nitrogens with zero attached hydrogens (tertiary/aromatic N) is 1. The van der Waals surface area contributed by atoms with E-state index in [9.17, 15) is 9.59 Å². The zero-order valence-electron chi connectivity index (χ0n) is 12.6. The van der Waals surface area contributed by atoms with Crippen molar-refractivity contribution < 1.29 is 41.4 Å². The van der Waals surface area contributed by atoms with Gasteiger partial charge in [-0.3, -0.25) is 9.59 Å². The predicted molar refractivity (Wildman–Crippen MR) is 82.2 cm³/mol. The SMILES string of the molecule is CCOC(=O)C(C[S-])[N-]CCNC(C[S-])C(=O)OCC.[O]=[99Tc+3]. The van der Waals surface area contributed by atoms with Gasteiger partial charge in [-0.25, -0.2) is 0 Å². The second-order valence-electron chi connectivity index (χ2n) is 3.77. The van der Waals surface area contributed by atoms with Crippen LogP contribution in [0.5, 0.6) is 0 Å². The van der Waals surface area contributed by atoms with E-state index in [-0.39, 0.29) is 17.5 Å². The number of rotatable bonds is 11. The van der Waals surface area contributed by atoms with Crippen molar-refractivity contribution in [3.05, 3.63) is 5.32 Å². The third-order valence-corrected chi connectivity index (χ3v) is 2.96. The minimum atomic E-state index is -0.628. The van der Waals surface area contributed by atoms with Crippen molar-refractivity contribution in [3.63, 3.8) is 0 Å². The molecule has 0 aliphatic carbocycles. The van der Waals surface area contributed by atoms with Gasteiger partial charge in [0.1, 0.15) is 0 Å². The Hall–Kier alpha value is 0.00935. The molecule has 0 aliphatic heterocycles. The number of carbonyl (C=O) groups excluding carboxylic acids is 2. The van der Waals surface area contributed by atoms with Crippen LogP contribution in [0.4, 0.5) is 0 Å². The molecule has 0 spiro atoms. The molecule has 7 nitrogen and oxygen atoms in total. The van der Waals surface area contributed by atoms with Crippen molar-refractivity contribution in [1.29, 1.82) is 0 Å². The normalized spacial score (nSPS) is 12.5. The number of carbonyl (C=O) groups is 2. The summed E-state index contributed by atoms with van der Waals surface area (Å²) in [5, 5.41) is 7.09. The Morgan fingerprint density at radius 1 is 1.09 bits per heavy atom. The van der Waals surface area contributed by atoms with E-state index in [0.29, 0.717) is 26.3 Å². The van der Waals surface area contributed by atoms with Gasteiger partial charge in [-0.1, -0.05) is 6.04 Å². The van der Waals surface area contributed by atoms with Gasteiger partial charge in [-0.2, -0.15) is 5.75 Å². The Morgan fingerprint density at radius 3 is 2.09 bits per heavy atom. The van der Waals surface area contributed by atoms with Crippen LogP contribution in [-0.2, 0) is 66.7 Å². The fourth-order valence-electron chi connectivity index (χ4n) is 1.35. The Morgan fingerprint density at radius 2 is 1.64 bits per heavy atom. The molecular weight excluding hydrogens is 415 g/mol. The van der Waals surface area contributed by atoms with Gasteiger partial charge in [0.05, 0.1) is 19.3 Å². The molecule has 0 bridgehead atoms. The molecule has 2 atom stereocenters. The summed E-state index contributed by atoms with van der Waals surface area (Å²) in [7, 11) is 0. The summed E-state index contributed by atoms with van der Waals surface area (Å²) >= 11 is 10.6. The van der Waals surface area contributed by atoms with E-state index in [1.54, 1.807) is 13.8 Å². The third kappa shape index (κ3) is 11.6. The zero-order valence-corrected chi connectivity index (χ0v) is 16.1. The van der Waals surface area contributed by atoms with Gasteiger partial charge in [0.2, 0.25) is 0 Å². The zero-order chi connectivity index (χ0) is 17.4. The molecule has 0 amide bonds. The first-order valence-corrected chi connectivity index (χ1v) is 8.56. The molecule has 0 saturated heterocycles. The van der Waals surface area contributed by atoms with Crippen LogP contribution in [0.15, 0.2) is 0 Å². The van der Waals surface area contributed by atoms with Crippen LogP contribution in [0.1, 0.15) is 13.8 Å². The molecule has 0 aliphatic rings. The summed E-state index contributed by atoms with van der Waals surface area (Å²) in [5.41, 5.74) is 0. The molecule has 0 heterocycles. The quantitative estimate of drug-likeness (QED) is 0.270. The number of hydrogen-bond acceptors (Lipinski definition) is 8. The summed E-state index contributed by atoms with van der Waals surface area (Å²) in [6, 6.07) is -1.15. The molecule has 128 valence electrons. The van der Waals surface area contributed by atoms with E-state index in [4.69, 9.17) is 38.2 Å². The molecule has 0 saturated carbocycles. The summed E-state index contributed by atoms with van der Waals surface area (Å²) in [6.07, 6.45) is 0. The average Bonchev–Trinajstić information content (AvgIpc) is 2.53. The fraction of sp³-hybridized carbons (Fsp3) is 0.833. The van der Waals surface area contributed by atoms with Gasteiger partial charge in [-0.15, -0.1) is 12.3 Å². The van der Waals surface area contributed by atoms with Crippen molar-refractivity contribution in [2.24, 2.45) is 0 Å². The van der Waals surface area contributed by atoms with Crippen molar-refractivity contribution in [2.75, 3.05) is 37.8 Å². The van der Waals surface area contributed by atoms with E-state index in [1.807, 2.05) is 0 Å². The molecule has 0 aromatic rings. The van der Waals surface area contributed by atoms with Crippen LogP contribution < -0.4 is 5.32 Å². The standard InChI is InChI=1S/C12H23N2O4S2.O.Tc/c1-3-17-11(15)9(7-19)13-5-6-14-10(8-20)12(16)18-4-2;;/h9-10,13,19-20H,3-8H2,1-2H3;;/q-1;;+3/p-2/i;;1+1. The summed E-state index contributed by atoms with van der Waals surface area (Å²) in [6.45, 7) is 4.86. The second kappa shape index (κ2) is 17.4. The summed E-state index contributed by atoms with van der Waals surface area (Å²) in [4.78, 5) is 22.9. The average molecular weight is 436 g/mol. The molecule has 1 N–H and O–H groups in total. The number of ether oxygens (including phenoxy) is 2. The van der Waals surface area contributed by atoms with Crippen molar-refractivity contribution >= 4 is 37.2 Å². The molecule has 0 radical (unpaired) electrons. The van der Waals surface area contributed by atoms with Gasteiger partial charge in [0.25, 0.3) is 5.97 Å². The van der Waals surface area contributed by atoms with Gasteiger partial charge in [0, 0.05) is 0 Å². The van der Waals surface area contributed by atoms with Gasteiger partial charge in [0.15, 0.2) is 0 Å². The topological polar surface area (TPSA) is 95.8 Å². The Balaban J connectivity index is 0. The van der Waals surface area contributed by atoms with Crippen LogP contribution in [-0.4, -0.2) is 61.8 Å². The molecule has 22 heavy (non-hydrogen) atoms. The van der Waals surface area contributed by atoms with Gasteiger partial charge < -0.3 is 45.4 Å². The molecule has 0 aromatic carbocycles. The van der Waals surface area contributed by atoms with Crippen molar-refractivity contribution in [1.82, 2.24) is 5.32 Å². The fourth-order valence-corrected chi connectivity index (χ4v) is 1.84. The minimum absolute atomic E-state index is 0.182. The van der Waals surface area contributed by atoms with E-state index in [1.165, 1.54) is 0 Å². The van der Waals surface area contributed by atoms with E-state index in [0.717, 1.165) is 18.9 Å². The Labute approximate surface area is 152 Å². The van der Waals surface area contributed by atoms with E-state index in [2.05, 4.69) is 10.6 Å². The van der Waals surface area contributed by atoms with Crippen molar-refractivity contribution in [3.8, 4) is 0 Å². The molecule has 0 aromatic heterocycles. The third-order valence-electron chi connectivity index (χ3n) is 2.31. The molecule has 2 unspecified atom stereocenters. The van der Waals surface area contributed by atoms with Crippen LogP contribution in [0.25, 0.3) is 5.32 Å². The van der Waals surface area contributed by atoms with E-state index >= 15 is 0 Å². The first-order valence-electron chi connectivity index (χ1n) is 6.65. The van der Waals surface area contributed by atoms with Crippen molar-refractivity contribution in [2.45, 2.75) is 25.9 Å². The maximum absolute atomic E-state index is 11.5. The Kier molecular flexibility index (Phi) is 19.2. The number of esters is 2. The van der Waals surface area contributed by atoms with Crippen LogP contribution >= 0.6 is 0 Å². The second-order valence-corrected chi connectivity index (χ2v) is 4.43. The molecule has 0 fully saturated rings. The van der Waals surface area contributed by atoms with Crippen LogP contribution in [0.2, 0.25) is 0 Å². The van der Waals surface area contributed by atoms with Gasteiger partial charge >= 0.3 is 28.3 Å². The Bertz CT molecular complexity index is 285. The monoisotopic (exact) mass is 436 g/mol. The van der Waals surface area contributed by atoms with Gasteiger partial charge in [-0.05, 0) is 20.4 Å².